The monoisotopic (exact) mass is 276 g/mol. The summed E-state index contributed by atoms with van der Waals surface area (Å²) >= 11 is 0. The Morgan fingerprint density at radius 1 is 1.35 bits per heavy atom. The maximum Gasteiger partial charge on any atom is 0.326 e. The van der Waals surface area contributed by atoms with Crippen LogP contribution >= 0.6 is 0 Å². The number of aliphatic carboxylic acids is 1. The molecule has 20 heavy (non-hydrogen) atoms. The molecule has 108 valence electrons. The van der Waals surface area contributed by atoms with E-state index >= 15 is 0 Å². The number of amides is 1. The molecule has 0 spiro atoms. The zero-order chi connectivity index (χ0) is 14.5. The summed E-state index contributed by atoms with van der Waals surface area (Å²) < 4.78 is 0. The molecular weight excluding hydrogens is 256 g/mol. The van der Waals surface area contributed by atoms with Gasteiger partial charge in [-0.25, -0.2) is 4.79 Å². The Labute approximate surface area is 118 Å². The van der Waals surface area contributed by atoms with Gasteiger partial charge < -0.3 is 15.7 Å². The van der Waals surface area contributed by atoms with Crippen molar-refractivity contribution in [1.82, 2.24) is 4.90 Å². The van der Waals surface area contributed by atoms with Crippen molar-refractivity contribution < 1.29 is 14.7 Å². The van der Waals surface area contributed by atoms with Crippen LogP contribution in [0.15, 0.2) is 24.3 Å². The molecule has 1 saturated heterocycles. The zero-order valence-electron chi connectivity index (χ0n) is 11.4. The molecule has 1 aliphatic heterocycles. The largest absolute Gasteiger partial charge is 0.480 e. The van der Waals surface area contributed by atoms with Gasteiger partial charge >= 0.3 is 5.97 Å². The maximum atomic E-state index is 12.2. The van der Waals surface area contributed by atoms with Crippen LogP contribution in [0, 0.1) is 0 Å². The van der Waals surface area contributed by atoms with Crippen molar-refractivity contribution in [3.8, 4) is 0 Å². The highest BCUT2D eigenvalue weighted by Crippen LogP contribution is 2.19. The molecule has 0 aromatic heterocycles. The molecule has 0 radical (unpaired) electrons. The minimum absolute atomic E-state index is 0.0838. The van der Waals surface area contributed by atoms with Crippen LogP contribution in [-0.2, 0) is 16.0 Å². The molecular formula is C15H20N2O3. The Bertz CT molecular complexity index is 502. The molecule has 2 rings (SSSR count). The normalized spacial score (nSPS) is 18.8. The predicted molar refractivity (Wildman–Crippen MR) is 76.2 cm³/mol. The Hall–Kier alpha value is -2.04. The third-order valence-electron chi connectivity index (χ3n) is 3.69. The maximum absolute atomic E-state index is 12.2. The number of hydrogen-bond donors (Lipinski definition) is 2. The number of hydrogen-bond acceptors (Lipinski definition) is 3. The van der Waals surface area contributed by atoms with Crippen molar-refractivity contribution in [1.29, 1.82) is 0 Å². The molecule has 1 aliphatic rings. The van der Waals surface area contributed by atoms with Crippen LogP contribution in [0.2, 0.25) is 0 Å². The Balaban J connectivity index is 1.95. The lowest BCUT2D eigenvalue weighted by Crippen LogP contribution is -2.48. The number of benzene rings is 1. The highest BCUT2D eigenvalue weighted by atomic mass is 16.4. The number of nitrogen functional groups attached to an aromatic ring is 1. The first-order chi connectivity index (χ1) is 9.58. The van der Waals surface area contributed by atoms with Crippen LogP contribution in [0.25, 0.3) is 0 Å². The van der Waals surface area contributed by atoms with Gasteiger partial charge in [0.05, 0.1) is 0 Å². The van der Waals surface area contributed by atoms with Gasteiger partial charge in [-0.2, -0.15) is 0 Å². The van der Waals surface area contributed by atoms with E-state index in [0.29, 0.717) is 31.5 Å². The first-order valence-electron chi connectivity index (χ1n) is 6.94. The summed E-state index contributed by atoms with van der Waals surface area (Å²) in [6.45, 7) is 0.548. The van der Waals surface area contributed by atoms with Crippen molar-refractivity contribution in [2.45, 2.75) is 38.1 Å². The second-order valence-corrected chi connectivity index (χ2v) is 5.18. The topological polar surface area (TPSA) is 83.6 Å². The zero-order valence-corrected chi connectivity index (χ0v) is 11.4. The third kappa shape index (κ3) is 3.50. The highest BCUT2D eigenvalue weighted by molar-refractivity contribution is 5.84. The summed E-state index contributed by atoms with van der Waals surface area (Å²) in [5, 5.41) is 9.17. The molecule has 1 fully saturated rings. The van der Waals surface area contributed by atoms with Crippen molar-refractivity contribution in [2.24, 2.45) is 0 Å². The van der Waals surface area contributed by atoms with Crippen molar-refractivity contribution in [3.05, 3.63) is 29.8 Å². The molecule has 3 N–H and O–H groups in total. The number of nitrogens with two attached hydrogens (primary N) is 1. The van der Waals surface area contributed by atoms with Gasteiger partial charge in [-0.3, -0.25) is 4.79 Å². The smallest absolute Gasteiger partial charge is 0.326 e. The third-order valence-corrected chi connectivity index (χ3v) is 3.69. The van der Waals surface area contributed by atoms with E-state index in [1.54, 1.807) is 6.07 Å². The Kier molecular flexibility index (Phi) is 4.61. The number of carboxylic acids is 1. The van der Waals surface area contributed by atoms with Crippen LogP contribution in [0.4, 0.5) is 5.69 Å². The molecule has 1 aromatic carbocycles. The van der Waals surface area contributed by atoms with Crippen LogP contribution < -0.4 is 5.73 Å². The fourth-order valence-electron chi connectivity index (χ4n) is 2.63. The first-order valence-corrected chi connectivity index (χ1v) is 6.94. The van der Waals surface area contributed by atoms with Gasteiger partial charge in [0.2, 0.25) is 5.91 Å². The van der Waals surface area contributed by atoms with E-state index in [9.17, 15) is 9.59 Å². The highest BCUT2D eigenvalue weighted by Gasteiger charge is 2.31. The number of piperidine rings is 1. The van der Waals surface area contributed by atoms with Crippen molar-refractivity contribution >= 4 is 17.6 Å². The lowest BCUT2D eigenvalue weighted by Gasteiger charge is -2.33. The number of carbonyl (C=O) groups is 2. The van der Waals surface area contributed by atoms with E-state index in [1.807, 2.05) is 18.2 Å². The van der Waals surface area contributed by atoms with E-state index in [0.717, 1.165) is 18.4 Å². The molecule has 0 aliphatic carbocycles. The Morgan fingerprint density at radius 3 is 2.85 bits per heavy atom. The number of aryl methyl sites for hydroxylation is 1. The van der Waals surface area contributed by atoms with E-state index in [4.69, 9.17) is 10.8 Å². The minimum atomic E-state index is -0.901. The SMILES string of the molecule is Nc1cccc(CCC(=O)N2CCCC[C@@H]2C(=O)O)c1. The van der Waals surface area contributed by atoms with Gasteiger partial charge in [0.1, 0.15) is 6.04 Å². The van der Waals surface area contributed by atoms with Crippen LogP contribution in [0.1, 0.15) is 31.2 Å². The first kappa shape index (κ1) is 14.4. The van der Waals surface area contributed by atoms with Gasteiger partial charge in [0.25, 0.3) is 0 Å². The molecule has 1 heterocycles. The fraction of sp³-hybridized carbons (Fsp3) is 0.467. The molecule has 1 amide bonds. The number of carboxylic acid groups (broad SMARTS) is 1. The molecule has 1 atom stereocenters. The number of nitrogens with zero attached hydrogens (tertiary/aromatic N) is 1. The average molecular weight is 276 g/mol. The lowest BCUT2D eigenvalue weighted by molar-refractivity contribution is -0.152. The summed E-state index contributed by atoms with van der Waals surface area (Å²) in [5.74, 6) is -0.985. The van der Waals surface area contributed by atoms with Crippen LogP contribution in [0.3, 0.4) is 0 Å². The fourth-order valence-corrected chi connectivity index (χ4v) is 2.63. The van der Waals surface area contributed by atoms with Gasteiger partial charge in [-0.15, -0.1) is 0 Å². The quantitative estimate of drug-likeness (QED) is 0.819. The van der Waals surface area contributed by atoms with E-state index in [1.165, 1.54) is 4.90 Å². The lowest BCUT2D eigenvalue weighted by atomic mass is 10.0. The van der Waals surface area contributed by atoms with Crippen LogP contribution in [0.5, 0.6) is 0 Å². The van der Waals surface area contributed by atoms with E-state index in [-0.39, 0.29) is 5.91 Å². The average Bonchev–Trinajstić information content (AvgIpc) is 2.45. The summed E-state index contributed by atoms with van der Waals surface area (Å²) in [5.41, 5.74) is 7.38. The number of anilines is 1. The van der Waals surface area contributed by atoms with Gasteiger partial charge in [-0.1, -0.05) is 12.1 Å². The summed E-state index contributed by atoms with van der Waals surface area (Å²) in [7, 11) is 0. The summed E-state index contributed by atoms with van der Waals surface area (Å²) in [4.78, 5) is 24.9. The standard InChI is InChI=1S/C15H20N2O3/c16-12-5-3-4-11(10-12)7-8-14(18)17-9-2-1-6-13(17)15(19)20/h3-5,10,13H,1-2,6-9,16H2,(H,19,20)/t13-/m1/s1. The molecule has 0 bridgehead atoms. The van der Waals surface area contributed by atoms with Crippen molar-refractivity contribution in [2.75, 3.05) is 12.3 Å². The Morgan fingerprint density at radius 2 is 2.15 bits per heavy atom. The molecule has 1 aromatic rings. The number of rotatable bonds is 4. The van der Waals surface area contributed by atoms with Gasteiger partial charge in [-0.05, 0) is 43.4 Å². The summed E-state index contributed by atoms with van der Waals surface area (Å²) in [6, 6.07) is 6.77. The second-order valence-electron chi connectivity index (χ2n) is 5.18. The van der Waals surface area contributed by atoms with E-state index < -0.39 is 12.0 Å². The van der Waals surface area contributed by atoms with Crippen LogP contribution in [-0.4, -0.2) is 34.5 Å². The van der Waals surface area contributed by atoms with E-state index in [2.05, 4.69) is 0 Å². The van der Waals surface area contributed by atoms with Gasteiger partial charge in [0.15, 0.2) is 0 Å². The minimum Gasteiger partial charge on any atom is -0.480 e. The second kappa shape index (κ2) is 6.41. The molecule has 5 heteroatoms. The predicted octanol–water partition coefficient (Wildman–Crippen LogP) is 1.67. The van der Waals surface area contributed by atoms with Gasteiger partial charge in [0, 0.05) is 18.7 Å². The van der Waals surface area contributed by atoms with Crippen molar-refractivity contribution in [3.63, 3.8) is 0 Å². The molecule has 5 nitrogen and oxygen atoms in total. The summed E-state index contributed by atoms with van der Waals surface area (Å²) in [6.07, 6.45) is 3.23. The number of likely N-dealkylation sites (tertiary alicyclic amines) is 1. The number of carbonyl (C=O) groups excluding carboxylic acids is 1. The molecule has 0 unspecified atom stereocenters. The molecule has 0 saturated carbocycles.